The number of halogens is 1. The number of ether oxygens (including phenoxy) is 1. The van der Waals surface area contributed by atoms with Crippen LogP contribution in [-0.2, 0) is 5.54 Å². The third-order valence-electron chi connectivity index (χ3n) is 5.90. The number of fused-ring (bicyclic) bond motifs is 1. The number of rotatable bonds is 4. The zero-order chi connectivity index (χ0) is 18.9. The monoisotopic (exact) mass is 399 g/mol. The van der Waals surface area contributed by atoms with Gasteiger partial charge in [-0.25, -0.2) is 0 Å². The van der Waals surface area contributed by atoms with E-state index in [2.05, 4.69) is 42.6 Å². The van der Waals surface area contributed by atoms with Crippen molar-refractivity contribution < 1.29 is 4.74 Å². The van der Waals surface area contributed by atoms with Gasteiger partial charge in [0.2, 0.25) is 0 Å². The van der Waals surface area contributed by atoms with E-state index in [1.54, 1.807) is 0 Å². The Labute approximate surface area is 173 Å². The second kappa shape index (κ2) is 8.36. The molecule has 0 aromatic heterocycles. The lowest BCUT2D eigenvalue weighted by Crippen LogP contribution is -2.34. The first-order valence-electron chi connectivity index (χ1n) is 9.94. The zero-order valence-electron chi connectivity index (χ0n) is 16.4. The van der Waals surface area contributed by atoms with E-state index in [-0.39, 0.29) is 12.4 Å². The fourth-order valence-corrected chi connectivity index (χ4v) is 4.26. The molecule has 0 bridgehead atoms. The number of hydrogen-bond acceptors (Lipinski definition) is 4. The Hall–Kier alpha value is -2.33. The van der Waals surface area contributed by atoms with Gasteiger partial charge in [0.05, 0.1) is 23.5 Å². The number of nitrogens with one attached hydrogen (secondary N) is 1. The molecule has 0 radical (unpaired) electrons. The second-order valence-corrected chi connectivity index (χ2v) is 8.04. The predicted octanol–water partition coefficient (Wildman–Crippen LogP) is 5.29. The van der Waals surface area contributed by atoms with Crippen molar-refractivity contribution in [2.45, 2.75) is 44.6 Å². The van der Waals surface area contributed by atoms with E-state index in [1.165, 1.54) is 32.1 Å². The van der Waals surface area contributed by atoms with Crippen LogP contribution in [0.4, 0.5) is 11.4 Å². The van der Waals surface area contributed by atoms with Gasteiger partial charge in [-0.3, -0.25) is 0 Å². The van der Waals surface area contributed by atoms with Crippen LogP contribution in [0.1, 0.15) is 50.2 Å². The van der Waals surface area contributed by atoms with Crippen molar-refractivity contribution in [3.05, 3.63) is 59.7 Å². The highest BCUT2D eigenvalue weighted by molar-refractivity contribution is 5.87. The Morgan fingerprint density at radius 1 is 1.04 bits per heavy atom. The summed E-state index contributed by atoms with van der Waals surface area (Å²) in [6.07, 6.45) is 8.72. The number of para-hydroxylation sites is 1. The van der Waals surface area contributed by atoms with E-state index in [1.807, 2.05) is 18.2 Å². The van der Waals surface area contributed by atoms with E-state index in [9.17, 15) is 0 Å². The zero-order valence-corrected chi connectivity index (χ0v) is 17.2. The van der Waals surface area contributed by atoms with Gasteiger partial charge in [-0.05, 0) is 55.5 Å². The van der Waals surface area contributed by atoms with Crippen molar-refractivity contribution in [2.24, 2.45) is 11.7 Å². The maximum atomic E-state index is 6.33. The Balaban J connectivity index is 0.00000225. The maximum absolute atomic E-state index is 6.33. The summed E-state index contributed by atoms with van der Waals surface area (Å²) in [4.78, 5) is 0. The predicted molar refractivity (Wildman–Crippen MR) is 120 cm³/mol. The fraction of sp³-hybridized carbons (Fsp3) is 0.391. The van der Waals surface area contributed by atoms with Gasteiger partial charge in [0.1, 0.15) is 5.75 Å². The highest BCUT2D eigenvalue weighted by Crippen LogP contribution is 2.40. The number of benzene rings is 2. The van der Waals surface area contributed by atoms with Crippen LogP contribution >= 0.6 is 12.4 Å². The highest BCUT2D eigenvalue weighted by Gasteiger charge is 2.30. The lowest BCUT2D eigenvalue weighted by Gasteiger charge is -2.35. The van der Waals surface area contributed by atoms with Crippen LogP contribution in [0.3, 0.4) is 0 Å². The van der Waals surface area contributed by atoms with Crippen molar-refractivity contribution in [2.75, 3.05) is 17.7 Å². The topological polar surface area (TPSA) is 73.3 Å². The molecule has 0 spiro atoms. The third-order valence-corrected chi connectivity index (χ3v) is 5.90. The third kappa shape index (κ3) is 4.07. The standard InChI is InChI=1S/C23H29N3O.ClH/c1-23(14-21(25)19-8-5-9-20(24)22(19)26-23)17-10-12-18(13-11-17)27-15-16-6-3-2-4-7-16;/h5,8-14,16,26H,2-4,6-7,15,24-25H2,1H3;1H. The van der Waals surface area contributed by atoms with Gasteiger partial charge in [0.15, 0.2) is 0 Å². The molecule has 2 aromatic carbocycles. The molecule has 1 unspecified atom stereocenters. The molecule has 1 fully saturated rings. The van der Waals surface area contributed by atoms with Gasteiger partial charge in [-0.2, -0.15) is 0 Å². The van der Waals surface area contributed by atoms with Gasteiger partial charge < -0.3 is 21.5 Å². The molecule has 4 rings (SSSR count). The first-order valence-corrected chi connectivity index (χ1v) is 9.94. The molecule has 2 aromatic rings. The van der Waals surface area contributed by atoms with Crippen LogP contribution in [0, 0.1) is 5.92 Å². The van der Waals surface area contributed by atoms with Gasteiger partial charge in [0.25, 0.3) is 0 Å². The highest BCUT2D eigenvalue weighted by atomic mass is 35.5. The molecule has 1 saturated carbocycles. The van der Waals surface area contributed by atoms with Crippen molar-refractivity contribution in [3.8, 4) is 5.75 Å². The molecule has 150 valence electrons. The summed E-state index contributed by atoms with van der Waals surface area (Å²) < 4.78 is 6.04. The number of nitrogen functional groups attached to an aromatic ring is 1. The van der Waals surface area contributed by atoms with E-state index < -0.39 is 5.54 Å². The van der Waals surface area contributed by atoms with Gasteiger partial charge in [-0.15, -0.1) is 12.4 Å². The van der Waals surface area contributed by atoms with Crippen LogP contribution in [-0.4, -0.2) is 6.61 Å². The normalized spacial score (nSPS) is 21.7. The summed E-state index contributed by atoms with van der Waals surface area (Å²) in [5.74, 6) is 1.64. The Morgan fingerprint density at radius 2 is 1.75 bits per heavy atom. The van der Waals surface area contributed by atoms with E-state index in [0.717, 1.165) is 34.9 Å². The van der Waals surface area contributed by atoms with Crippen LogP contribution in [0.25, 0.3) is 5.70 Å². The van der Waals surface area contributed by atoms with E-state index >= 15 is 0 Å². The first-order chi connectivity index (χ1) is 13.0. The van der Waals surface area contributed by atoms with Crippen molar-refractivity contribution >= 4 is 29.5 Å². The molecule has 1 atom stereocenters. The smallest absolute Gasteiger partial charge is 0.119 e. The minimum absolute atomic E-state index is 0. The van der Waals surface area contributed by atoms with E-state index in [0.29, 0.717) is 11.6 Å². The SMILES string of the molecule is CC1(c2ccc(OCC3CCCCC3)cc2)C=C(N)c2cccc(N)c2N1.Cl. The molecule has 1 aliphatic heterocycles. The van der Waals surface area contributed by atoms with Crippen molar-refractivity contribution in [1.82, 2.24) is 0 Å². The van der Waals surface area contributed by atoms with Crippen molar-refractivity contribution in [3.63, 3.8) is 0 Å². The summed E-state index contributed by atoms with van der Waals surface area (Å²) in [6.45, 7) is 2.94. The number of nitrogens with two attached hydrogens (primary N) is 2. The van der Waals surface area contributed by atoms with Crippen molar-refractivity contribution in [1.29, 1.82) is 0 Å². The fourth-order valence-electron chi connectivity index (χ4n) is 4.26. The van der Waals surface area contributed by atoms with Crippen LogP contribution < -0.4 is 21.5 Å². The summed E-state index contributed by atoms with van der Waals surface area (Å²) in [5.41, 5.74) is 16.5. The second-order valence-electron chi connectivity index (χ2n) is 8.04. The Kier molecular flexibility index (Phi) is 6.09. The average molecular weight is 400 g/mol. The summed E-state index contributed by atoms with van der Waals surface area (Å²) >= 11 is 0. The minimum atomic E-state index is -0.408. The lowest BCUT2D eigenvalue weighted by molar-refractivity contribution is 0.209. The summed E-state index contributed by atoms with van der Waals surface area (Å²) in [5, 5.41) is 3.57. The Bertz CT molecular complexity index is 843. The minimum Gasteiger partial charge on any atom is -0.493 e. The first kappa shape index (κ1) is 20.4. The lowest BCUT2D eigenvalue weighted by atomic mass is 9.86. The van der Waals surface area contributed by atoms with Gasteiger partial charge in [0, 0.05) is 11.3 Å². The molecule has 2 aliphatic rings. The molecule has 28 heavy (non-hydrogen) atoms. The molecule has 5 N–H and O–H groups in total. The molecule has 5 heteroatoms. The average Bonchev–Trinajstić information content (AvgIpc) is 2.68. The maximum Gasteiger partial charge on any atom is 0.119 e. The number of anilines is 2. The number of hydrogen-bond donors (Lipinski definition) is 3. The molecular formula is C23H30ClN3O. The van der Waals surface area contributed by atoms with Crippen LogP contribution in [0.15, 0.2) is 48.5 Å². The largest absolute Gasteiger partial charge is 0.493 e. The molecule has 1 heterocycles. The quantitative estimate of drug-likeness (QED) is 0.610. The van der Waals surface area contributed by atoms with Gasteiger partial charge in [-0.1, -0.05) is 43.5 Å². The van der Waals surface area contributed by atoms with Gasteiger partial charge >= 0.3 is 0 Å². The van der Waals surface area contributed by atoms with E-state index in [4.69, 9.17) is 16.2 Å². The van der Waals surface area contributed by atoms with Crippen LogP contribution in [0.5, 0.6) is 5.75 Å². The van der Waals surface area contributed by atoms with Crippen LogP contribution in [0.2, 0.25) is 0 Å². The molecule has 4 nitrogen and oxygen atoms in total. The molecular weight excluding hydrogens is 370 g/mol. The Morgan fingerprint density at radius 3 is 2.46 bits per heavy atom. The molecule has 1 aliphatic carbocycles. The summed E-state index contributed by atoms with van der Waals surface area (Å²) in [7, 11) is 0. The molecule has 0 amide bonds. The molecule has 0 saturated heterocycles. The summed E-state index contributed by atoms with van der Waals surface area (Å²) in [6, 6.07) is 14.1.